The fourth-order valence-corrected chi connectivity index (χ4v) is 6.04. The Balaban J connectivity index is 1.82. The minimum atomic E-state index is -0.384. The molecule has 1 aliphatic rings. The average molecular weight is 535 g/mol. The Morgan fingerprint density at radius 1 is 1.03 bits per heavy atom. The first-order chi connectivity index (χ1) is 18.8. The summed E-state index contributed by atoms with van der Waals surface area (Å²) in [6.07, 6.45) is 11.2. The minimum absolute atomic E-state index is 0.0948. The molecule has 0 bridgehead atoms. The van der Waals surface area contributed by atoms with Gasteiger partial charge in [-0.3, -0.25) is 4.79 Å². The molecule has 0 aromatic heterocycles. The number of hydrogen-bond acceptors (Lipinski definition) is 4. The molecule has 0 amide bonds. The van der Waals surface area contributed by atoms with E-state index in [0.717, 1.165) is 49.8 Å². The van der Waals surface area contributed by atoms with E-state index in [1.807, 2.05) is 0 Å². The van der Waals surface area contributed by atoms with Crippen LogP contribution in [-0.4, -0.2) is 29.9 Å². The monoisotopic (exact) mass is 534 g/mol. The molecule has 39 heavy (non-hydrogen) atoms. The Labute approximate surface area is 236 Å². The number of aryl methyl sites for hydroxylation is 2. The number of carbonyl (C=O) groups excluding carboxylic acids is 1. The number of carbonyl (C=O) groups is 1. The number of esters is 1. The Morgan fingerprint density at radius 3 is 2.28 bits per heavy atom. The first kappa shape index (κ1) is 30.9. The van der Waals surface area contributed by atoms with Gasteiger partial charge < -0.3 is 14.6 Å². The molecular formula is C35H50O4. The summed E-state index contributed by atoms with van der Waals surface area (Å²) in [4.78, 5) is 11.4. The Kier molecular flexibility index (Phi) is 11.7. The van der Waals surface area contributed by atoms with E-state index in [2.05, 4.69) is 84.0 Å². The van der Waals surface area contributed by atoms with Crippen LogP contribution in [0, 0.1) is 13.8 Å². The van der Waals surface area contributed by atoms with E-state index in [4.69, 9.17) is 9.47 Å². The van der Waals surface area contributed by atoms with E-state index in [1.165, 1.54) is 47.1 Å². The van der Waals surface area contributed by atoms with Crippen molar-refractivity contribution in [1.29, 1.82) is 0 Å². The Bertz CT molecular complexity index is 1110. The van der Waals surface area contributed by atoms with Crippen LogP contribution < -0.4 is 4.74 Å². The van der Waals surface area contributed by atoms with Crippen LogP contribution in [0.2, 0.25) is 0 Å². The molecule has 0 saturated carbocycles. The second-order valence-corrected chi connectivity index (χ2v) is 11.2. The standard InChI is InChI=1S/C35H50O4/c1-7-11-12-13-14-30(36)23-27(8-2)32-18-15-28(21-25(32)5)35(9-3,10-4)29-16-19-33(26(6)22-29)38-24-31-17-20-34(37)39-31/h15-16,18-19,21-23,30-31,36H,7-14,17,20,24H2,1-6H3/t30?,31-/m0/s1. The molecule has 4 nitrogen and oxygen atoms in total. The van der Waals surface area contributed by atoms with Gasteiger partial charge in [0.1, 0.15) is 18.5 Å². The molecule has 1 N–H and O–H groups in total. The van der Waals surface area contributed by atoms with Crippen molar-refractivity contribution in [1.82, 2.24) is 0 Å². The van der Waals surface area contributed by atoms with Crippen LogP contribution in [-0.2, 0) is 14.9 Å². The predicted octanol–water partition coefficient (Wildman–Crippen LogP) is 8.62. The number of ether oxygens (including phenoxy) is 2. The first-order valence-corrected chi connectivity index (χ1v) is 15.2. The van der Waals surface area contributed by atoms with Crippen molar-refractivity contribution in [3.8, 4) is 5.75 Å². The van der Waals surface area contributed by atoms with Gasteiger partial charge in [-0.1, -0.05) is 89.8 Å². The van der Waals surface area contributed by atoms with E-state index in [-0.39, 0.29) is 23.6 Å². The lowest BCUT2D eigenvalue weighted by Gasteiger charge is -2.34. The molecular weight excluding hydrogens is 484 g/mol. The molecule has 1 unspecified atom stereocenters. The van der Waals surface area contributed by atoms with Crippen LogP contribution in [0.15, 0.2) is 42.5 Å². The van der Waals surface area contributed by atoms with Crippen LogP contribution in [0.4, 0.5) is 0 Å². The number of aliphatic hydroxyl groups is 1. The summed E-state index contributed by atoms with van der Waals surface area (Å²) >= 11 is 0. The second-order valence-electron chi connectivity index (χ2n) is 11.2. The number of rotatable bonds is 15. The van der Waals surface area contributed by atoms with E-state index in [9.17, 15) is 9.90 Å². The van der Waals surface area contributed by atoms with Crippen molar-refractivity contribution in [2.75, 3.05) is 6.61 Å². The van der Waals surface area contributed by atoms with Crippen LogP contribution in [0.25, 0.3) is 5.57 Å². The van der Waals surface area contributed by atoms with Gasteiger partial charge in [0.2, 0.25) is 0 Å². The molecule has 4 heteroatoms. The van der Waals surface area contributed by atoms with E-state index >= 15 is 0 Å². The maximum absolute atomic E-state index is 11.4. The van der Waals surface area contributed by atoms with Gasteiger partial charge in [0, 0.05) is 11.8 Å². The molecule has 1 aliphatic heterocycles. The Morgan fingerprint density at radius 2 is 1.72 bits per heavy atom. The smallest absolute Gasteiger partial charge is 0.306 e. The van der Waals surface area contributed by atoms with Gasteiger partial charge in [-0.2, -0.15) is 0 Å². The van der Waals surface area contributed by atoms with Crippen molar-refractivity contribution in [2.45, 2.75) is 123 Å². The molecule has 1 fully saturated rings. The first-order valence-electron chi connectivity index (χ1n) is 15.2. The summed E-state index contributed by atoms with van der Waals surface area (Å²) in [6, 6.07) is 13.4. The number of unbranched alkanes of at least 4 members (excludes halogenated alkanes) is 3. The number of allylic oxidation sites excluding steroid dienone is 1. The highest BCUT2D eigenvalue weighted by atomic mass is 16.6. The number of hydrogen-bond donors (Lipinski definition) is 1. The number of benzene rings is 2. The van der Waals surface area contributed by atoms with E-state index in [1.54, 1.807) is 0 Å². The normalized spacial score (nSPS) is 16.8. The quantitative estimate of drug-likeness (QED) is 0.184. The minimum Gasteiger partial charge on any atom is -0.489 e. The zero-order valence-corrected chi connectivity index (χ0v) is 25.1. The second kappa shape index (κ2) is 14.7. The highest BCUT2D eigenvalue weighted by Gasteiger charge is 2.32. The summed E-state index contributed by atoms with van der Waals surface area (Å²) in [7, 11) is 0. The topological polar surface area (TPSA) is 55.8 Å². The molecule has 0 spiro atoms. The average Bonchev–Trinajstić information content (AvgIpc) is 3.35. The fourth-order valence-electron chi connectivity index (χ4n) is 6.04. The molecule has 0 radical (unpaired) electrons. The van der Waals surface area contributed by atoms with Gasteiger partial charge in [0.15, 0.2) is 0 Å². The van der Waals surface area contributed by atoms with Gasteiger partial charge >= 0.3 is 5.97 Å². The number of aliphatic hydroxyl groups excluding tert-OH is 1. The van der Waals surface area contributed by atoms with Crippen LogP contribution in [0.3, 0.4) is 0 Å². The molecule has 214 valence electrons. The third-order valence-corrected chi connectivity index (χ3v) is 8.58. The van der Waals surface area contributed by atoms with Gasteiger partial charge in [0.05, 0.1) is 6.10 Å². The highest BCUT2D eigenvalue weighted by Crippen LogP contribution is 2.41. The molecule has 0 aliphatic carbocycles. The summed E-state index contributed by atoms with van der Waals surface area (Å²) in [5.74, 6) is 0.716. The molecule has 3 rings (SSSR count). The maximum Gasteiger partial charge on any atom is 0.306 e. The predicted molar refractivity (Wildman–Crippen MR) is 161 cm³/mol. The fraction of sp³-hybridized carbons (Fsp3) is 0.571. The molecule has 1 saturated heterocycles. The lowest BCUT2D eigenvalue weighted by atomic mass is 9.69. The zero-order valence-electron chi connectivity index (χ0n) is 25.1. The SMILES string of the molecule is CCCCCCC(O)C=C(CC)c1ccc(C(CC)(CC)c2ccc(OC[C@@H]3CCC(=O)O3)c(C)c2)cc1C. The van der Waals surface area contributed by atoms with Gasteiger partial charge in [-0.15, -0.1) is 0 Å². The molecule has 2 atom stereocenters. The van der Waals surface area contributed by atoms with Gasteiger partial charge in [-0.25, -0.2) is 0 Å². The van der Waals surface area contributed by atoms with Crippen molar-refractivity contribution in [3.05, 3.63) is 70.3 Å². The van der Waals surface area contributed by atoms with Crippen molar-refractivity contribution in [3.63, 3.8) is 0 Å². The summed E-state index contributed by atoms with van der Waals surface area (Å²) < 4.78 is 11.4. The lowest BCUT2D eigenvalue weighted by molar-refractivity contribution is -0.142. The summed E-state index contributed by atoms with van der Waals surface area (Å²) in [6.45, 7) is 13.6. The van der Waals surface area contributed by atoms with Gasteiger partial charge in [0.25, 0.3) is 0 Å². The number of cyclic esters (lactones) is 1. The lowest BCUT2D eigenvalue weighted by Crippen LogP contribution is -2.26. The van der Waals surface area contributed by atoms with E-state index < -0.39 is 0 Å². The Hall–Kier alpha value is -2.59. The maximum atomic E-state index is 11.4. The zero-order chi connectivity index (χ0) is 28.4. The molecule has 2 aromatic carbocycles. The van der Waals surface area contributed by atoms with Crippen molar-refractivity contribution >= 4 is 11.5 Å². The van der Waals surface area contributed by atoms with Crippen LogP contribution in [0.1, 0.15) is 120 Å². The molecule has 1 heterocycles. The largest absolute Gasteiger partial charge is 0.489 e. The molecule has 2 aromatic rings. The van der Waals surface area contributed by atoms with Crippen molar-refractivity contribution in [2.24, 2.45) is 0 Å². The van der Waals surface area contributed by atoms with Crippen LogP contribution in [0.5, 0.6) is 5.75 Å². The van der Waals surface area contributed by atoms with Crippen molar-refractivity contribution < 1.29 is 19.4 Å². The third kappa shape index (κ3) is 7.75. The van der Waals surface area contributed by atoms with E-state index in [0.29, 0.717) is 13.0 Å². The van der Waals surface area contributed by atoms with Gasteiger partial charge in [-0.05, 0) is 85.4 Å². The summed E-state index contributed by atoms with van der Waals surface area (Å²) in [5.41, 5.74) is 7.35. The van der Waals surface area contributed by atoms with Crippen LogP contribution >= 0.6 is 0 Å². The third-order valence-electron chi connectivity index (χ3n) is 8.58. The highest BCUT2D eigenvalue weighted by molar-refractivity contribution is 5.71. The summed E-state index contributed by atoms with van der Waals surface area (Å²) in [5, 5.41) is 10.7.